The summed E-state index contributed by atoms with van der Waals surface area (Å²) >= 11 is 4.84. The third-order valence-electron chi connectivity index (χ3n) is 3.11. The van der Waals surface area contributed by atoms with E-state index in [4.69, 9.17) is 18.0 Å². The summed E-state index contributed by atoms with van der Waals surface area (Å²) in [7, 11) is 0. The zero-order chi connectivity index (χ0) is 13.8. The van der Waals surface area contributed by atoms with Crippen LogP contribution in [0.5, 0.6) is 0 Å². The lowest BCUT2D eigenvalue weighted by Gasteiger charge is -2.30. The van der Waals surface area contributed by atoms with Gasteiger partial charge in [-0.25, -0.2) is 0 Å². The summed E-state index contributed by atoms with van der Waals surface area (Å²) in [6, 6.07) is -0.616. The minimum Gasteiger partial charge on any atom is -0.392 e. The summed E-state index contributed by atoms with van der Waals surface area (Å²) in [5.41, 5.74) is 5.52. The van der Waals surface area contributed by atoms with Gasteiger partial charge in [0.2, 0.25) is 5.91 Å². The lowest BCUT2D eigenvalue weighted by atomic mass is 9.84. The number of rotatable bonds is 4. The molecule has 1 fully saturated rings. The van der Waals surface area contributed by atoms with Crippen molar-refractivity contribution in [3.63, 3.8) is 0 Å². The number of nitrogens with one attached hydrogen (secondary N) is 1. The number of alkyl halides is 3. The van der Waals surface area contributed by atoms with Gasteiger partial charge in [0.1, 0.15) is 6.42 Å². The van der Waals surface area contributed by atoms with E-state index in [1.807, 2.05) is 0 Å². The van der Waals surface area contributed by atoms with Crippen LogP contribution in [0.25, 0.3) is 0 Å². The third kappa shape index (κ3) is 5.20. The maximum Gasteiger partial charge on any atom is 0.397 e. The van der Waals surface area contributed by atoms with E-state index in [1.165, 1.54) is 0 Å². The van der Waals surface area contributed by atoms with Crippen molar-refractivity contribution in [2.45, 2.75) is 50.7 Å². The molecule has 0 aromatic heterocycles. The lowest BCUT2D eigenvalue weighted by molar-refractivity contribution is -0.154. The summed E-state index contributed by atoms with van der Waals surface area (Å²) in [6.07, 6.45) is -1.20. The van der Waals surface area contributed by atoms with E-state index in [0.29, 0.717) is 0 Å². The minimum atomic E-state index is -4.50. The zero-order valence-corrected chi connectivity index (χ0v) is 10.7. The molecule has 3 N–H and O–H groups in total. The topological polar surface area (TPSA) is 55.1 Å². The van der Waals surface area contributed by atoms with Gasteiger partial charge < -0.3 is 11.1 Å². The normalized spacial score (nSPS) is 19.3. The smallest absolute Gasteiger partial charge is 0.392 e. The molecule has 0 heterocycles. The van der Waals surface area contributed by atoms with Crippen LogP contribution in [0.15, 0.2) is 0 Å². The number of amides is 1. The highest BCUT2D eigenvalue weighted by atomic mass is 32.1. The molecule has 1 aliphatic rings. The first-order valence-electron chi connectivity index (χ1n) is 5.95. The maximum atomic E-state index is 12.1. The number of halogens is 3. The first-order valence-corrected chi connectivity index (χ1v) is 6.36. The Kier molecular flexibility index (Phi) is 5.37. The van der Waals surface area contributed by atoms with Gasteiger partial charge in [0.15, 0.2) is 0 Å². The van der Waals surface area contributed by atoms with Crippen molar-refractivity contribution in [3.8, 4) is 0 Å². The Hall–Kier alpha value is -0.850. The Morgan fingerprint density at radius 3 is 2.33 bits per heavy atom. The van der Waals surface area contributed by atoms with Crippen molar-refractivity contribution in [2.24, 2.45) is 11.7 Å². The van der Waals surface area contributed by atoms with Gasteiger partial charge in [-0.15, -0.1) is 0 Å². The number of carbonyl (C=O) groups is 1. The molecule has 7 heteroatoms. The molecule has 3 nitrogen and oxygen atoms in total. The summed E-state index contributed by atoms with van der Waals surface area (Å²) in [4.78, 5) is 11.3. The lowest BCUT2D eigenvalue weighted by Crippen LogP contribution is -2.49. The standard InChI is InChI=1S/C11H17F3N2OS/c12-11(13,14)6-8(17)16-9(10(15)18)7-4-2-1-3-5-7/h7,9H,1-6H2,(H2,15,18)(H,16,17). The Labute approximate surface area is 109 Å². The summed E-state index contributed by atoms with van der Waals surface area (Å²) in [5, 5.41) is 2.32. The Morgan fingerprint density at radius 2 is 1.89 bits per heavy atom. The van der Waals surface area contributed by atoms with Crippen LogP contribution in [0.4, 0.5) is 13.2 Å². The van der Waals surface area contributed by atoms with Gasteiger partial charge in [-0.05, 0) is 18.8 Å². The van der Waals surface area contributed by atoms with Crippen LogP contribution in [0.3, 0.4) is 0 Å². The van der Waals surface area contributed by atoms with Gasteiger partial charge in [0.25, 0.3) is 0 Å². The van der Waals surface area contributed by atoms with Crippen LogP contribution in [0.1, 0.15) is 38.5 Å². The second-order valence-electron chi connectivity index (χ2n) is 4.64. The average Bonchev–Trinajstić information content (AvgIpc) is 2.24. The fraction of sp³-hybridized carbons (Fsp3) is 0.818. The van der Waals surface area contributed by atoms with Crippen LogP contribution in [-0.2, 0) is 4.79 Å². The molecule has 1 amide bonds. The van der Waals surface area contributed by atoms with E-state index < -0.39 is 24.5 Å². The number of thiocarbonyl (C=S) groups is 1. The highest BCUT2D eigenvalue weighted by molar-refractivity contribution is 7.80. The molecule has 18 heavy (non-hydrogen) atoms. The molecule has 1 atom stereocenters. The van der Waals surface area contributed by atoms with Crippen molar-refractivity contribution < 1.29 is 18.0 Å². The molecule has 0 aromatic rings. The summed E-state index contributed by atoms with van der Waals surface area (Å²) < 4.78 is 36.2. The van der Waals surface area contributed by atoms with Gasteiger partial charge >= 0.3 is 6.18 Å². The number of hydrogen-bond acceptors (Lipinski definition) is 2. The van der Waals surface area contributed by atoms with Gasteiger partial charge in [-0.1, -0.05) is 31.5 Å². The second-order valence-corrected chi connectivity index (χ2v) is 5.11. The van der Waals surface area contributed by atoms with Crippen molar-refractivity contribution in [1.29, 1.82) is 0 Å². The van der Waals surface area contributed by atoms with Crippen molar-refractivity contribution in [1.82, 2.24) is 5.32 Å². The first kappa shape index (κ1) is 15.2. The third-order valence-corrected chi connectivity index (χ3v) is 3.36. The summed E-state index contributed by atoms with van der Waals surface area (Å²) in [5.74, 6) is -1.00. The highest BCUT2D eigenvalue weighted by Gasteiger charge is 2.34. The van der Waals surface area contributed by atoms with E-state index >= 15 is 0 Å². The molecular formula is C11H17F3N2OS. The molecule has 0 aromatic carbocycles. The Bertz CT molecular complexity index is 314. The molecule has 0 aliphatic heterocycles. The largest absolute Gasteiger partial charge is 0.397 e. The van der Waals surface area contributed by atoms with Gasteiger partial charge in [0, 0.05) is 0 Å². The van der Waals surface area contributed by atoms with Crippen LogP contribution >= 0.6 is 12.2 Å². The van der Waals surface area contributed by atoms with Crippen LogP contribution < -0.4 is 11.1 Å². The molecule has 1 saturated carbocycles. The number of hydrogen-bond donors (Lipinski definition) is 2. The van der Waals surface area contributed by atoms with Crippen LogP contribution in [-0.4, -0.2) is 23.1 Å². The molecule has 0 bridgehead atoms. The van der Waals surface area contributed by atoms with Crippen molar-refractivity contribution in [2.75, 3.05) is 0 Å². The van der Waals surface area contributed by atoms with E-state index in [0.717, 1.165) is 32.1 Å². The molecule has 104 valence electrons. The predicted molar refractivity (Wildman–Crippen MR) is 66.0 cm³/mol. The van der Waals surface area contributed by atoms with E-state index in [2.05, 4.69) is 5.32 Å². The zero-order valence-electron chi connectivity index (χ0n) is 9.93. The quantitative estimate of drug-likeness (QED) is 0.778. The second kappa shape index (κ2) is 6.36. The molecule has 0 spiro atoms. The fourth-order valence-electron chi connectivity index (χ4n) is 2.30. The van der Waals surface area contributed by atoms with Gasteiger partial charge in [0.05, 0.1) is 11.0 Å². The van der Waals surface area contributed by atoms with E-state index in [1.54, 1.807) is 0 Å². The molecule has 0 radical (unpaired) electrons. The monoisotopic (exact) mass is 282 g/mol. The molecular weight excluding hydrogens is 265 g/mol. The van der Waals surface area contributed by atoms with E-state index in [9.17, 15) is 18.0 Å². The Morgan fingerprint density at radius 1 is 1.33 bits per heavy atom. The van der Waals surface area contributed by atoms with Crippen LogP contribution in [0.2, 0.25) is 0 Å². The van der Waals surface area contributed by atoms with Crippen LogP contribution in [0, 0.1) is 5.92 Å². The van der Waals surface area contributed by atoms with Crippen molar-refractivity contribution in [3.05, 3.63) is 0 Å². The SMILES string of the molecule is NC(=S)C(NC(=O)CC(F)(F)F)C1CCCCC1. The Balaban J connectivity index is 2.57. The predicted octanol–water partition coefficient (Wildman–Crippen LogP) is 2.29. The van der Waals surface area contributed by atoms with Gasteiger partial charge in [-0.3, -0.25) is 4.79 Å². The van der Waals surface area contributed by atoms with Crippen molar-refractivity contribution >= 4 is 23.1 Å². The average molecular weight is 282 g/mol. The summed E-state index contributed by atoms with van der Waals surface area (Å²) in [6.45, 7) is 0. The highest BCUT2D eigenvalue weighted by Crippen LogP contribution is 2.27. The first-order chi connectivity index (χ1) is 8.29. The van der Waals surface area contributed by atoms with Gasteiger partial charge in [-0.2, -0.15) is 13.2 Å². The minimum absolute atomic E-state index is 0.0634. The molecule has 1 rings (SSSR count). The molecule has 1 unspecified atom stereocenters. The number of nitrogens with two attached hydrogens (primary N) is 1. The molecule has 0 saturated heterocycles. The maximum absolute atomic E-state index is 12.1. The fourth-order valence-corrected chi connectivity index (χ4v) is 2.55. The number of carbonyl (C=O) groups excluding carboxylic acids is 1. The molecule has 1 aliphatic carbocycles. The van der Waals surface area contributed by atoms with E-state index in [-0.39, 0.29) is 10.9 Å².